The molecule has 0 bridgehead atoms. The molecule has 17 heavy (non-hydrogen) atoms. The smallest absolute Gasteiger partial charge is 0.101 e. The van der Waals surface area contributed by atoms with Crippen LogP contribution in [0.25, 0.3) is 28.0 Å². The van der Waals surface area contributed by atoms with E-state index in [0.717, 1.165) is 21.8 Å². The first-order chi connectivity index (χ1) is 8.36. The molecule has 0 N–H and O–H groups in total. The van der Waals surface area contributed by atoms with Gasteiger partial charge in [-0.2, -0.15) is 5.26 Å². The van der Waals surface area contributed by atoms with E-state index in [-0.39, 0.29) is 0 Å². The molecule has 80 valence electrons. The lowest BCUT2D eigenvalue weighted by Crippen LogP contribution is -1.87. The van der Waals surface area contributed by atoms with Gasteiger partial charge in [0.15, 0.2) is 0 Å². The maximum Gasteiger partial charge on any atom is 0.101 e. The van der Waals surface area contributed by atoms with Crippen LogP contribution in [-0.4, -0.2) is 4.57 Å². The summed E-state index contributed by atoms with van der Waals surface area (Å²) >= 11 is 0. The van der Waals surface area contributed by atoms with E-state index in [2.05, 4.69) is 18.7 Å². The predicted octanol–water partition coefficient (Wildman–Crippen LogP) is 3.77. The minimum Gasteiger partial charge on any atom is -0.315 e. The third-order valence-electron chi connectivity index (χ3n) is 3.03. The van der Waals surface area contributed by atoms with Crippen LogP contribution in [0.15, 0.2) is 49.0 Å². The molecule has 0 fully saturated rings. The molecule has 0 saturated heterocycles. The Morgan fingerprint density at radius 2 is 1.82 bits per heavy atom. The normalized spacial score (nSPS) is 10.5. The lowest BCUT2D eigenvalue weighted by Gasteiger charge is -2.00. The monoisotopic (exact) mass is 218 g/mol. The van der Waals surface area contributed by atoms with Crippen LogP contribution < -0.4 is 0 Å². The molecule has 2 nitrogen and oxygen atoms in total. The quantitative estimate of drug-likeness (QED) is 0.611. The summed E-state index contributed by atoms with van der Waals surface area (Å²) in [5.41, 5.74) is 2.70. The van der Waals surface area contributed by atoms with Gasteiger partial charge in [0.2, 0.25) is 0 Å². The van der Waals surface area contributed by atoms with Crippen LogP contribution in [-0.2, 0) is 0 Å². The van der Waals surface area contributed by atoms with Crippen molar-refractivity contribution in [2.75, 3.05) is 0 Å². The van der Waals surface area contributed by atoms with Gasteiger partial charge in [-0.15, -0.1) is 0 Å². The molecule has 0 spiro atoms. The molecule has 0 aliphatic carbocycles. The maximum atomic E-state index is 9.18. The first-order valence-corrected chi connectivity index (χ1v) is 5.41. The van der Waals surface area contributed by atoms with Crippen LogP contribution in [0.1, 0.15) is 5.56 Å². The predicted molar refractivity (Wildman–Crippen MR) is 70.5 cm³/mol. The second kappa shape index (κ2) is 3.50. The minimum absolute atomic E-state index is 0.679. The highest BCUT2D eigenvalue weighted by atomic mass is 15.0. The minimum atomic E-state index is 0.679. The standard InChI is InChI=1S/C15H10N2/c1-2-17-14-9-4-3-7-12(14)13-8-5-6-11(10-16)15(13)17/h2-9H,1H2. The molecular formula is C15H10N2. The molecule has 2 aromatic carbocycles. The van der Waals surface area contributed by atoms with E-state index in [9.17, 15) is 5.26 Å². The number of rotatable bonds is 1. The van der Waals surface area contributed by atoms with Gasteiger partial charge in [0.1, 0.15) is 6.07 Å². The summed E-state index contributed by atoms with van der Waals surface area (Å²) in [6.07, 6.45) is 1.76. The first-order valence-electron chi connectivity index (χ1n) is 5.41. The van der Waals surface area contributed by atoms with E-state index in [1.165, 1.54) is 0 Å². The largest absolute Gasteiger partial charge is 0.315 e. The SMILES string of the molecule is C=Cn1c2ccccc2c2cccc(C#N)c21. The van der Waals surface area contributed by atoms with Crippen LogP contribution in [0.3, 0.4) is 0 Å². The fourth-order valence-electron chi connectivity index (χ4n) is 2.33. The number of nitrogens with zero attached hydrogens (tertiary/aromatic N) is 2. The number of para-hydroxylation sites is 2. The van der Waals surface area contributed by atoms with E-state index < -0.39 is 0 Å². The van der Waals surface area contributed by atoms with Gasteiger partial charge >= 0.3 is 0 Å². The Morgan fingerprint density at radius 3 is 2.59 bits per heavy atom. The van der Waals surface area contributed by atoms with Crippen molar-refractivity contribution in [3.8, 4) is 6.07 Å². The van der Waals surface area contributed by atoms with Crippen molar-refractivity contribution in [3.63, 3.8) is 0 Å². The summed E-state index contributed by atoms with van der Waals surface area (Å²) in [4.78, 5) is 0. The van der Waals surface area contributed by atoms with Crippen molar-refractivity contribution < 1.29 is 0 Å². The second-order valence-electron chi connectivity index (χ2n) is 3.88. The topological polar surface area (TPSA) is 28.7 Å². The number of benzene rings is 2. The molecule has 2 heteroatoms. The summed E-state index contributed by atoms with van der Waals surface area (Å²) in [6, 6.07) is 16.1. The summed E-state index contributed by atoms with van der Waals surface area (Å²) in [5.74, 6) is 0. The Morgan fingerprint density at radius 1 is 1.06 bits per heavy atom. The van der Waals surface area contributed by atoms with Crippen molar-refractivity contribution >= 4 is 28.0 Å². The van der Waals surface area contributed by atoms with Gasteiger partial charge in [0, 0.05) is 17.0 Å². The van der Waals surface area contributed by atoms with Gasteiger partial charge in [0.05, 0.1) is 16.6 Å². The van der Waals surface area contributed by atoms with Crippen LogP contribution in [0.4, 0.5) is 0 Å². The molecule has 0 unspecified atom stereocenters. The zero-order valence-corrected chi connectivity index (χ0v) is 9.22. The Balaban J connectivity index is 2.69. The summed E-state index contributed by atoms with van der Waals surface area (Å²) in [5, 5.41) is 11.4. The second-order valence-corrected chi connectivity index (χ2v) is 3.88. The molecular weight excluding hydrogens is 208 g/mol. The molecule has 0 amide bonds. The summed E-state index contributed by atoms with van der Waals surface area (Å²) < 4.78 is 1.98. The number of aromatic nitrogens is 1. The van der Waals surface area contributed by atoms with Gasteiger partial charge < -0.3 is 4.57 Å². The average Bonchev–Trinajstić information content (AvgIpc) is 2.72. The molecule has 1 aromatic heterocycles. The Hall–Kier alpha value is -2.53. The first kappa shape index (κ1) is 9.68. The molecule has 0 aliphatic heterocycles. The fraction of sp³-hybridized carbons (Fsp3) is 0. The van der Waals surface area contributed by atoms with Gasteiger partial charge in [-0.05, 0) is 12.1 Å². The van der Waals surface area contributed by atoms with Crippen molar-refractivity contribution in [2.24, 2.45) is 0 Å². The van der Waals surface area contributed by atoms with Crippen molar-refractivity contribution in [2.45, 2.75) is 0 Å². The van der Waals surface area contributed by atoms with Crippen molar-refractivity contribution in [3.05, 3.63) is 54.6 Å². The molecule has 0 radical (unpaired) electrons. The number of hydrogen-bond acceptors (Lipinski definition) is 1. The van der Waals surface area contributed by atoms with Gasteiger partial charge in [-0.1, -0.05) is 36.9 Å². The van der Waals surface area contributed by atoms with E-state index in [1.807, 2.05) is 41.0 Å². The fourth-order valence-corrected chi connectivity index (χ4v) is 2.33. The Bertz CT molecular complexity index is 773. The molecule has 3 aromatic rings. The highest BCUT2D eigenvalue weighted by molar-refractivity contribution is 6.10. The Kier molecular flexibility index (Phi) is 1.99. The lowest BCUT2D eigenvalue weighted by atomic mass is 10.1. The van der Waals surface area contributed by atoms with Gasteiger partial charge in [-0.25, -0.2) is 0 Å². The molecule has 3 rings (SSSR count). The van der Waals surface area contributed by atoms with Gasteiger partial charge in [0.25, 0.3) is 0 Å². The molecule has 0 atom stereocenters. The van der Waals surface area contributed by atoms with Crippen LogP contribution in [0, 0.1) is 11.3 Å². The third-order valence-corrected chi connectivity index (χ3v) is 3.03. The van der Waals surface area contributed by atoms with Gasteiger partial charge in [-0.3, -0.25) is 0 Å². The zero-order chi connectivity index (χ0) is 11.8. The highest BCUT2D eigenvalue weighted by Crippen LogP contribution is 2.30. The van der Waals surface area contributed by atoms with Crippen LogP contribution >= 0.6 is 0 Å². The Labute approximate surface area is 99.0 Å². The average molecular weight is 218 g/mol. The molecule has 0 saturated carbocycles. The van der Waals surface area contributed by atoms with E-state index in [1.54, 1.807) is 6.20 Å². The van der Waals surface area contributed by atoms with Crippen LogP contribution in [0.5, 0.6) is 0 Å². The summed E-state index contributed by atoms with van der Waals surface area (Å²) in [7, 11) is 0. The van der Waals surface area contributed by atoms with Crippen LogP contribution in [0.2, 0.25) is 0 Å². The third kappa shape index (κ3) is 1.20. The molecule has 1 heterocycles. The number of nitriles is 1. The summed E-state index contributed by atoms with van der Waals surface area (Å²) in [6.45, 7) is 3.83. The highest BCUT2D eigenvalue weighted by Gasteiger charge is 2.11. The zero-order valence-electron chi connectivity index (χ0n) is 9.22. The number of fused-ring (bicyclic) bond motifs is 3. The van der Waals surface area contributed by atoms with E-state index in [0.29, 0.717) is 5.56 Å². The number of hydrogen-bond donors (Lipinski definition) is 0. The van der Waals surface area contributed by atoms with Crippen molar-refractivity contribution in [1.82, 2.24) is 4.57 Å². The maximum absolute atomic E-state index is 9.18. The van der Waals surface area contributed by atoms with E-state index in [4.69, 9.17) is 0 Å². The van der Waals surface area contributed by atoms with Crippen molar-refractivity contribution in [1.29, 1.82) is 5.26 Å². The lowest BCUT2D eigenvalue weighted by molar-refractivity contribution is 1.29. The molecule has 0 aliphatic rings. The van der Waals surface area contributed by atoms with E-state index >= 15 is 0 Å².